The minimum atomic E-state index is -0.728. The average Bonchev–Trinajstić information content (AvgIpc) is 3.19. The summed E-state index contributed by atoms with van der Waals surface area (Å²) in [4.78, 5) is 9.08. The molecule has 2 aromatic heterocycles. The Bertz CT molecular complexity index is 1240. The van der Waals surface area contributed by atoms with E-state index in [1.807, 2.05) is 36.7 Å². The molecule has 5 rings (SSSR count). The largest absolute Gasteiger partial charge is 0.477 e. The Labute approximate surface area is 187 Å². The molecule has 5 heteroatoms. The maximum Gasteiger partial charge on any atom is 0.228 e. The van der Waals surface area contributed by atoms with Crippen molar-refractivity contribution < 1.29 is 4.74 Å². The predicted molar refractivity (Wildman–Crippen MR) is 126 cm³/mol. The zero-order chi connectivity index (χ0) is 22.0. The van der Waals surface area contributed by atoms with Crippen LogP contribution in [0.4, 0.5) is 0 Å². The molecule has 32 heavy (non-hydrogen) atoms. The average molecular weight is 421 g/mol. The van der Waals surface area contributed by atoms with Crippen molar-refractivity contribution in [3.05, 3.63) is 120 Å². The van der Waals surface area contributed by atoms with Gasteiger partial charge in [-0.15, -0.1) is 0 Å². The highest BCUT2D eigenvalue weighted by atomic mass is 16.5. The molecule has 158 valence electrons. The van der Waals surface area contributed by atoms with E-state index in [1.54, 1.807) is 6.33 Å². The van der Waals surface area contributed by atoms with Gasteiger partial charge in [0.2, 0.25) is 5.88 Å². The molecule has 5 nitrogen and oxygen atoms in total. The summed E-state index contributed by atoms with van der Waals surface area (Å²) >= 11 is 0. The molecule has 0 radical (unpaired) electrons. The van der Waals surface area contributed by atoms with Crippen molar-refractivity contribution in [1.29, 1.82) is 0 Å². The van der Waals surface area contributed by atoms with Crippen LogP contribution in [0.5, 0.6) is 5.88 Å². The molecular formula is C27H24N4O. The fourth-order valence-corrected chi connectivity index (χ4v) is 4.47. The van der Waals surface area contributed by atoms with Crippen molar-refractivity contribution in [3.8, 4) is 5.88 Å². The quantitative estimate of drug-likeness (QED) is 0.346. The van der Waals surface area contributed by atoms with Gasteiger partial charge in [0.25, 0.3) is 0 Å². The van der Waals surface area contributed by atoms with Crippen LogP contribution in [0.15, 0.2) is 97.3 Å². The monoisotopic (exact) mass is 420 g/mol. The lowest BCUT2D eigenvalue weighted by molar-refractivity contribution is 0.330. The van der Waals surface area contributed by atoms with Crippen LogP contribution in [-0.2, 0) is 5.54 Å². The van der Waals surface area contributed by atoms with E-state index in [0.717, 1.165) is 33.4 Å². The van der Waals surface area contributed by atoms with Crippen molar-refractivity contribution >= 4 is 11.0 Å². The Kier molecular flexibility index (Phi) is 5.15. The van der Waals surface area contributed by atoms with E-state index >= 15 is 0 Å². The van der Waals surface area contributed by atoms with Crippen molar-refractivity contribution in [2.75, 3.05) is 6.61 Å². The Morgan fingerprint density at radius 1 is 0.750 bits per heavy atom. The highest BCUT2D eigenvalue weighted by Gasteiger charge is 2.41. The first-order valence-corrected chi connectivity index (χ1v) is 10.8. The molecule has 0 atom stereocenters. The fraction of sp³-hybridized carbons (Fsp3) is 0.148. The van der Waals surface area contributed by atoms with E-state index in [2.05, 4.69) is 77.8 Å². The summed E-state index contributed by atoms with van der Waals surface area (Å²) in [6.45, 7) is 4.46. The van der Waals surface area contributed by atoms with Gasteiger partial charge in [0.05, 0.1) is 12.3 Å². The molecule has 2 heterocycles. The van der Waals surface area contributed by atoms with E-state index < -0.39 is 5.54 Å². The third-order valence-corrected chi connectivity index (χ3v) is 5.78. The lowest BCUT2D eigenvalue weighted by Gasteiger charge is -2.36. The molecule has 0 bridgehead atoms. The summed E-state index contributed by atoms with van der Waals surface area (Å²) < 4.78 is 7.87. The highest BCUT2D eigenvalue weighted by molar-refractivity contribution is 5.84. The number of aromatic nitrogens is 4. The smallest absolute Gasteiger partial charge is 0.228 e. The topological polar surface area (TPSA) is 52.8 Å². The van der Waals surface area contributed by atoms with Gasteiger partial charge in [0.15, 0.2) is 5.65 Å². The van der Waals surface area contributed by atoms with Gasteiger partial charge in [-0.05, 0) is 30.5 Å². The SMILES string of the molecule is CCOc1ncnc2c1c(C)nn2C(c1ccccc1)(c1ccccc1)c1ccccc1. The summed E-state index contributed by atoms with van der Waals surface area (Å²) in [6.07, 6.45) is 1.55. The number of hydrogen-bond acceptors (Lipinski definition) is 4. The molecule has 0 saturated heterocycles. The minimum Gasteiger partial charge on any atom is -0.477 e. The summed E-state index contributed by atoms with van der Waals surface area (Å²) in [7, 11) is 0. The number of fused-ring (bicyclic) bond motifs is 1. The van der Waals surface area contributed by atoms with Gasteiger partial charge < -0.3 is 4.74 Å². The van der Waals surface area contributed by atoms with E-state index in [0.29, 0.717) is 12.5 Å². The molecule has 0 aliphatic rings. The maximum absolute atomic E-state index is 5.84. The standard InChI is InChI=1S/C27H24N4O/c1-3-32-26-24-20(2)30-31(25(24)28-19-29-26)27(21-13-7-4-8-14-21,22-15-9-5-10-16-22)23-17-11-6-12-18-23/h4-19H,3H2,1-2H3. The molecule has 0 amide bonds. The van der Waals surface area contributed by atoms with Gasteiger partial charge in [-0.25, -0.2) is 14.6 Å². The molecule has 0 unspecified atom stereocenters. The number of aryl methyl sites for hydroxylation is 1. The molecular weight excluding hydrogens is 396 g/mol. The highest BCUT2D eigenvalue weighted by Crippen LogP contribution is 2.42. The van der Waals surface area contributed by atoms with Crippen LogP contribution in [0, 0.1) is 6.92 Å². The fourth-order valence-electron chi connectivity index (χ4n) is 4.47. The minimum absolute atomic E-state index is 0.526. The first-order chi connectivity index (χ1) is 15.8. The number of benzene rings is 3. The van der Waals surface area contributed by atoms with Crippen molar-refractivity contribution in [2.45, 2.75) is 19.4 Å². The molecule has 5 aromatic rings. The summed E-state index contributed by atoms with van der Waals surface area (Å²) in [5.74, 6) is 0.560. The third-order valence-electron chi connectivity index (χ3n) is 5.78. The summed E-state index contributed by atoms with van der Waals surface area (Å²) in [6, 6.07) is 31.4. The van der Waals surface area contributed by atoms with Gasteiger partial charge in [-0.2, -0.15) is 5.10 Å². The number of nitrogens with zero attached hydrogens (tertiary/aromatic N) is 4. The van der Waals surface area contributed by atoms with Gasteiger partial charge in [-0.3, -0.25) is 0 Å². The zero-order valence-electron chi connectivity index (χ0n) is 18.1. The number of hydrogen-bond donors (Lipinski definition) is 0. The second-order valence-corrected chi connectivity index (χ2v) is 7.62. The third kappa shape index (κ3) is 3.05. The predicted octanol–water partition coefficient (Wildman–Crippen LogP) is 5.37. The summed E-state index contributed by atoms with van der Waals surface area (Å²) in [5.41, 5.74) is 4.12. The van der Waals surface area contributed by atoms with Crippen molar-refractivity contribution in [3.63, 3.8) is 0 Å². The molecule has 0 aliphatic carbocycles. The Balaban J connectivity index is 1.96. The van der Waals surface area contributed by atoms with Crippen LogP contribution in [-0.4, -0.2) is 26.4 Å². The van der Waals surface area contributed by atoms with E-state index in [1.165, 1.54) is 0 Å². The lowest BCUT2D eigenvalue weighted by Crippen LogP contribution is -2.38. The Morgan fingerprint density at radius 3 is 1.72 bits per heavy atom. The van der Waals surface area contributed by atoms with Crippen LogP contribution in [0.1, 0.15) is 29.3 Å². The second-order valence-electron chi connectivity index (χ2n) is 7.62. The number of ether oxygens (including phenoxy) is 1. The second kappa shape index (κ2) is 8.27. The first kappa shape index (κ1) is 19.9. The van der Waals surface area contributed by atoms with Gasteiger partial charge in [0.1, 0.15) is 17.3 Å². The van der Waals surface area contributed by atoms with Crippen LogP contribution in [0.25, 0.3) is 11.0 Å². The van der Waals surface area contributed by atoms with Crippen LogP contribution >= 0.6 is 0 Å². The van der Waals surface area contributed by atoms with E-state index in [9.17, 15) is 0 Å². The van der Waals surface area contributed by atoms with Crippen LogP contribution in [0.3, 0.4) is 0 Å². The van der Waals surface area contributed by atoms with E-state index in [-0.39, 0.29) is 0 Å². The van der Waals surface area contributed by atoms with Gasteiger partial charge >= 0.3 is 0 Å². The molecule has 0 N–H and O–H groups in total. The zero-order valence-corrected chi connectivity index (χ0v) is 18.1. The molecule has 0 saturated carbocycles. The molecule has 3 aromatic carbocycles. The lowest BCUT2D eigenvalue weighted by atomic mass is 9.77. The van der Waals surface area contributed by atoms with Crippen molar-refractivity contribution in [2.24, 2.45) is 0 Å². The number of rotatable bonds is 6. The van der Waals surface area contributed by atoms with Gasteiger partial charge in [-0.1, -0.05) is 91.0 Å². The maximum atomic E-state index is 5.84. The van der Waals surface area contributed by atoms with Crippen LogP contribution in [0.2, 0.25) is 0 Å². The Morgan fingerprint density at radius 2 is 1.25 bits per heavy atom. The molecule has 0 spiro atoms. The van der Waals surface area contributed by atoms with Crippen molar-refractivity contribution in [1.82, 2.24) is 19.7 Å². The van der Waals surface area contributed by atoms with E-state index in [4.69, 9.17) is 14.8 Å². The summed E-state index contributed by atoms with van der Waals surface area (Å²) in [5, 5.41) is 5.90. The normalized spacial score (nSPS) is 11.6. The molecule has 0 fully saturated rings. The molecule has 0 aliphatic heterocycles. The van der Waals surface area contributed by atoms with Gasteiger partial charge in [0, 0.05) is 0 Å². The Hall–Kier alpha value is -3.99. The first-order valence-electron chi connectivity index (χ1n) is 10.8. The van der Waals surface area contributed by atoms with Crippen LogP contribution < -0.4 is 4.74 Å².